The summed E-state index contributed by atoms with van der Waals surface area (Å²) in [6.07, 6.45) is 7.45. The number of rotatable bonds is 15. The van der Waals surface area contributed by atoms with Crippen molar-refractivity contribution in [2.75, 3.05) is 26.3 Å². The van der Waals surface area contributed by atoms with E-state index >= 15 is 0 Å². The molecule has 1 saturated heterocycles. The van der Waals surface area contributed by atoms with Gasteiger partial charge >= 0.3 is 5.97 Å². The number of aliphatic hydroxyl groups excluding tert-OH is 1. The van der Waals surface area contributed by atoms with Crippen molar-refractivity contribution in [3.8, 4) is 0 Å². The van der Waals surface area contributed by atoms with Crippen LogP contribution in [0.4, 0.5) is 0 Å². The topological polar surface area (TPSA) is 95.9 Å². The molecular weight excluding hydrogens is 432 g/mol. The Hall–Kier alpha value is -2.93. The Morgan fingerprint density at radius 1 is 1.18 bits per heavy atom. The molecule has 0 aliphatic carbocycles. The predicted molar refractivity (Wildman–Crippen MR) is 132 cm³/mol. The quantitative estimate of drug-likeness (QED) is 0.233. The average molecular weight is 471 g/mol. The SMILES string of the molecule is C=CCC[C@H](Cc1ccccc1)C(=O)OCCNC(=O)[C@@H](CC=C)CC(=O)N1CCC[C@H]1CO. The lowest BCUT2D eigenvalue weighted by molar-refractivity contribution is -0.149. The van der Waals surface area contributed by atoms with Gasteiger partial charge in [-0.2, -0.15) is 0 Å². The number of nitrogens with zero attached hydrogens (tertiary/aromatic N) is 1. The van der Waals surface area contributed by atoms with Gasteiger partial charge in [0.1, 0.15) is 6.61 Å². The summed E-state index contributed by atoms with van der Waals surface area (Å²) >= 11 is 0. The zero-order chi connectivity index (χ0) is 24.8. The van der Waals surface area contributed by atoms with Crippen LogP contribution in [0.3, 0.4) is 0 Å². The molecule has 0 bridgehead atoms. The fraction of sp³-hybridized carbons (Fsp3) is 0.519. The number of amides is 2. The van der Waals surface area contributed by atoms with E-state index in [9.17, 15) is 19.5 Å². The molecule has 1 aliphatic rings. The maximum atomic E-state index is 12.7. The Balaban J connectivity index is 1.81. The van der Waals surface area contributed by atoms with Crippen LogP contribution in [-0.4, -0.2) is 60.1 Å². The van der Waals surface area contributed by atoms with E-state index in [1.165, 1.54) is 0 Å². The van der Waals surface area contributed by atoms with Crippen molar-refractivity contribution in [2.45, 2.75) is 51.0 Å². The molecule has 3 atom stereocenters. The number of hydrogen-bond acceptors (Lipinski definition) is 5. The number of likely N-dealkylation sites (tertiary alicyclic amines) is 1. The summed E-state index contributed by atoms with van der Waals surface area (Å²) in [4.78, 5) is 39.6. The molecule has 0 unspecified atom stereocenters. The summed E-state index contributed by atoms with van der Waals surface area (Å²) in [5.74, 6) is -1.50. The summed E-state index contributed by atoms with van der Waals surface area (Å²) in [5.41, 5.74) is 1.07. The van der Waals surface area contributed by atoms with Crippen molar-refractivity contribution in [3.05, 3.63) is 61.2 Å². The highest BCUT2D eigenvalue weighted by atomic mass is 16.5. The van der Waals surface area contributed by atoms with Gasteiger partial charge in [-0.3, -0.25) is 14.4 Å². The number of aliphatic hydroxyl groups is 1. The molecule has 1 heterocycles. The van der Waals surface area contributed by atoms with Crippen molar-refractivity contribution in [2.24, 2.45) is 11.8 Å². The summed E-state index contributed by atoms with van der Waals surface area (Å²) in [7, 11) is 0. The van der Waals surface area contributed by atoms with Crippen LogP contribution in [0.2, 0.25) is 0 Å². The molecule has 2 amide bonds. The summed E-state index contributed by atoms with van der Waals surface area (Å²) < 4.78 is 5.44. The molecule has 1 fully saturated rings. The highest BCUT2D eigenvalue weighted by molar-refractivity contribution is 5.86. The molecule has 0 radical (unpaired) electrons. The molecule has 2 N–H and O–H groups in total. The minimum absolute atomic E-state index is 0.0620. The Kier molecular flexibility index (Phi) is 12.1. The van der Waals surface area contributed by atoms with Gasteiger partial charge in [-0.25, -0.2) is 0 Å². The first-order valence-corrected chi connectivity index (χ1v) is 12.1. The number of hydrogen-bond donors (Lipinski definition) is 2. The van der Waals surface area contributed by atoms with E-state index in [0.717, 1.165) is 24.8 Å². The van der Waals surface area contributed by atoms with Gasteiger partial charge in [-0.15, -0.1) is 13.2 Å². The van der Waals surface area contributed by atoms with Gasteiger partial charge in [0.25, 0.3) is 0 Å². The molecule has 34 heavy (non-hydrogen) atoms. The van der Waals surface area contributed by atoms with E-state index in [-0.39, 0.29) is 55.9 Å². The van der Waals surface area contributed by atoms with Crippen LogP contribution in [0.15, 0.2) is 55.6 Å². The smallest absolute Gasteiger partial charge is 0.309 e. The van der Waals surface area contributed by atoms with E-state index in [1.54, 1.807) is 17.1 Å². The third-order valence-electron chi connectivity index (χ3n) is 6.17. The second-order valence-electron chi connectivity index (χ2n) is 8.70. The molecular formula is C27H38N2O5. The first kappa shape index (κ1) is 27.3. The van der Waals surface area contributed by atoms with Crippen LogP contribution in [0.1, 0.15) is 44.1 Å². The van der Waals surface area contributed by atoms with Gasteiger partial charge in [0.2, 0.25) is 11.8 Å². The predicted octanol–water partition coefficient (Wildman–Crippen LogP) is 3.04. The first-order chi connectivity index (χ1) is 16.5. The number of nitrogens with one attached hydrogen (secondary N) is 1. The van der Waals surface area contributed by atoms with Crippen LogP contribution in [0.25, 0.3) is 0 Å². The highest BCUT2D eigenvalue weighted by Crippen LogP contribution is 2.21. The number of ether oxygens (including phenoxy) is 1. The fourth-order valence-corrected chi connectivity index (χ4v) is 4.28. The van der Waals surface area contributed by atoms with Crippen LogP contribution in [0.5, 0.6) is 0 Å². The largest absolute Gasteiger partial charge is 0.464 e. The van der Waals surface area contributed by atoms with E-state index < -0.39 is 5.92 Å². The van der Waals surface area contributed by atoms with Crippen LogP contribution < -0.4 is 5.32 Å². The molecule has 1 aliphatic heterocycles. The lowest BCUT2D eigenvalue weighted by Crippen LogP contribution is -2.41. The third-order valence-corrected chi connectivity index (χ3v) is 6.17. The second-order valence-corrected chi connectivity index (χ2v) is 8.70. The van der Waals surface area contributed by atoms with Gasteiger partial charge in [0.05, 0.1) is 31.0 Å². The summed E-state index contributed by atoms with van der Waals surface area (Å²) in [6.45, 7) is 8.22. The van der Waals surface area contributed by atoms with Crippen molar-refractivity contribution >= 4 is 17.8 Å². The monoisotopic (exact) mass is 470 g/mol. The summed E-state index contributed by atoms with van der Waals surface area (Å²) in [5, 5.41) is 12.2. The van der Waals surface area contributed by atoms with E-state index in [4.69, 9.17) is 4.74 Å². The molecule has 1 aromatic carbocycles. The Bertz CT molecular complexity index is 810. The Morgan fingerprint density at radius 3 is 2.62 bits per heavy atom. The Labute approximate surface area is 202 Å². The standard InChI is InChI=1S/C27H38N2O5/c1-3-5-13-23(18-21-11-7-6-8-12-21)27(33)34-17-15-28-26(32)22(10-4-2)19-25(31)29-16-9-14-24(29)20-30/h3-4,6-8,11-12,22-24,30H,1-2,5,9-10,13-20H2,(H,28,32)/t22-,23+,24-/m0/s1. The zero-order valence-electron chi connectivity index (χ0n) is 20.0. The van der Waals surface area contributed by atoms with Crippen molar-refractivity contribution in [1.29, 1.82) is 0 Å². The zero-order valence-corrected chi connectivity index (χ0v) is 20.0. The maximum Gasteiger partial charge on any atom is 0.309 e. The maximum absolute atomic E-state index is 12.7. The van der Waals surface area contributed by atoms with E-state index in [2.05, 4.69) is 18.5 Å². The minimum Gasteiger partial charge on any atom is -0.464 e. The van der Waals surface area contributed by atoms with Gasteiger partial charge in [0.15, 0.2) is 0 Å². The molecule has 7 nitrogen and oxygen atoms in total. The number of esters is 1. The van der Waals surface area contributed by atoms with Crippen molar-refractivity contribution < 1.29 is 24.2 Å². The fourth-order valence-electron chi connectivity index (χ4n) is 4.28. The molecule has 186 valence electrons. The number of carbonyl (C=O) groups is 3. The minimum atomic E-state index is -0.543. The number of benzene rings is 1. The van der Waals surface area contributed by atoms with Crippen LogP contribution in [0, 0.1) is 11.8 Å². The molecule has 0 aromatic heterocycles. The number of carbonyl (C=O) groups excluding carboxylic acids is 3. The molecule has 1 aromatic rings. The van der Waals surface area contributed by atoms with Gasteiger partial charge < -0.3 is 20.1 Å². The molecule has 0 saturated carbocycles. The normalized spacial score (nSPS) is 17.0. The number of allylic oxidation sites excluding steroid dienone is 2. The second kappa shape index (κ2) is 15.1. The lowest BCUT2D eigenvalue weighted by Gasteiger charge is -2.25. The summed E-state index contributed by atoms with van der Waals surface area (Å²) in [6, 6.07) is 9.63. The van der Waals surface area contributed by atoms with E-state index in [0.29, 0.717) is 25.8 Å². The molecule has 2 rings (SSSR count). The lowest BCUT2D eigenvalue weighted by atomic mass is 9.95. The van der Waals surface area contributed by atoms with Gasteiger partial charge in [-0.1, -0.05) is 42.5 Å². The highest BCUT2D eigenvalue weighted by Gasteiger charge is 2.31. The molecule has 7 heteroatoms. The van der Waals surface area contributed by atoms with Crippen molar-refractivity contribution in [3.63, 3.8) is 0 Å². The average Bonchev–Trinajstić information content (AvgIpc) is 3.33. The third kappa shape index (κ3) is 8.78. The van der Waals surface area contributed by atoms with Crippen LogP contribution in [-0.2, 0) is 25.5 Å². The Morgan fingerprint density at radius 2 is 1.94 bits per heavy atom. The van der Waals surface area contributed by atoms with Gasteiger partial charge in [0, 0.05) is 13.0 Å². The molecule has 0 spiro atoms. The first-order valence-electron chi connectivity index (χ1n) is 12.1. The van der Waals surface area contributed by atoms with E-state index in [1.807, 2.05) is 30.3 Å². The van der Waals surface area contributed by atoms with Gasteiger partial charge in [-0.05, 0) is 44.1 Å². The van der Waals surface area contributed by atoms with Crippen LogP contribution >= 0.6 is 0 Å². The van der Waals surface area contributed by atoms with Crippen molar-refractivity contribution in [1.82, 2.24) is 10.2 Å².